The maximum absolute atomic E-state index is 11.5. The minimum atomic E-state index is -0.441. The van der Waals surface area contributed by atoms with Gasteiger partial charge < -0.3 is 15.4 Å². The first kappa shape index (κ1) is 22.0. The van der Waals surface area contributed by atoms with Crippen molar-refractivity contribution in [2.45, 2.75) is 103 Å². The monoisotopic (exact) mass is 352 g/mol. The fourth-order valence-electron chi connectivity index (χ4n) is 3.23. The molecule has 0 aliphatic heterocycles. The molecule has 4 nitrogen and oxygen atoms in total. The summed E-state index contributed by atoms with van der Waals surface area (Å²) in [6.45, 7) is 7.00. The Kier molecular flexibility index (Phi) is 11.6. The Morgan fingerprint density at radius 2 is 1.36 bits per heavy atom. The van der Waals surface area contributed by atoms with E-state index in [0.29, 0.717) is 12.6 Å². The zero-order chi connectivity index (χ0) is 18.4. The average molecular weight is 353 g/mol. The third kappa shape index (κ3) is 13.9. The van der Waals surface area contributed by atoms with Crippen molar-refractivity contribution in [3.05, 3.63) is 12.2 Å². The zero-order valence-corrected chi connectivity index (χ0v) is 16.7. The van der Waals surface area contributed by atoms with E-state index in [4.69, 9.17) is 4.74 Å². The molecule has 1 aliphatic rings. The maximum atomic E-state index is 11.5. The number of rotatable bonds is 5. The van der Waals surface area contributed by atoms with Crippen LogP contribution in [-0.2, 0) is 4.74 Å². The summed E-state index contributed by atoms with van der Waals surface area (Å²) >= 11 is 0. The van der Waals surface area contributed by atoms with Gasteiger partial charge in [0.2, 0.25) is 0 Å². The first-order valence-corrected chi connectivity index (χ1v) is 10.3. The molecule has 1 rings (SSSR count). The van der Waals surface area contributed by atoms with Crippen LogP contribution < -0.4 is 10.6 Å². The zero-order valence-electron chi connectivity index (χ0n) is 16.7. The summed E-state index contributed by atoms with van der Waals surface area (Å²) < 4.78 is 5.21. The Bertz CT molecular complexity index is 363. The van der Waals surface area contributed by atoms with Crippen LogP contribution in [0.5, 0.6) is 0 Å². The Morgan fingerprint density at radius 1 is 0.880 bits per heavy atom. The van der Waals surface area contributed by atoms with Gasteiger partial charge in [-0.1, -0.05) is 69.9 Å². The van der Waals surface area contributed by atoms with Gasteiger partial charge in [-0.05, 0) is 33.6 Å². The van der Waals surface area contributed by atoms with Gasteiger partial charge in [0.15, 0.2) is 0 Å². The molecule has 0 radical (unpaired) electrons. The van der Waals surface area contributed by atoms with E-state index in [1.54, 1.807) is 0 Å². The van der Waals surface area contributed by atoms with Gasteiger partial charge in [0.25, 0.3) is 0 Å². The summed E-state index contributed by atoms with van der Waals surface area (Å²) in [5.74, 6) is 0. The lowest BCUT2D eigenvalue weighted by atomic mass is 9.98. The van der Waals surface area contributed by atoms with Gasteiger partial charge in [0.1, 0.15) is 5.60 Å². The largest absolute Gasteiger partial charge is 0.444 e. The standard InChI is InChI=1S/C21H40N2O2/c1-21(2,3)25-20(24)23-18-14-13-17-22-19-15-11-9-7-5-4-6-8-10-12-16-19/h13-14,19,22H,4-12,15-18H2,1-3H3,(H,23,24)/b14-13+. The van der Waals surface area contributed by atoms with E-state index >= 15 is 0 Å². The van der Waals surface area contributed by atoms with E-state index in [-0.39, 0.29) is 6.09 Å². The number of hydrogen-bond donors (Lipinski definition) is 2. The lowest BCUT2D eigenvalue weighted by Gasteiger charge is -2.19. The van der Waals surface area contributed by atoms with Crippen LogP contribution in [-0.4, -0.2) is 30.8 Å². The van der Waals surface area contributed by atoms with Crippen molar-refractivity contribution in [2.24, 2.45) is 0 Å². The molecule has 0 heterocycles. The van der Waals surface area contributed by atoms with Crippen molar-refractivity contribution in [3.63, 3.8) is 0 Å². The number of ether oxygens (including phenoxy) is 1. The molecule has 0 atom stereocenters. The highest BCUT2D eigenvalue weighted by molar-refractivity contribution is 5.67. The third-order valence-electron chi connectivity index (χ3n) is 4.56. The molecule has 0 aromatic rings. The van der Waals surface area contributed by atoms with Gasteiger partial charge in [-0.25, -0.2) is 4.79 Å². The number of hydrogen-bond acceptors (Lipinski definition) is 3. The Labute approximate surface area is 155 Å². The Balaban J connectivity index is 2.17. The van der Waals surface area contributed by atoms with Gasteiger partial charge in [-0.3, -0.25) is 0 Å². The van der Waals surface area contributed by atoms with Gasteiger partial charge in [0, 0.05) is 19.1 Å². The second kappa shape index (κ2) is 13.2. The van der Waals surface area contributed by atoms with Crippen molar-refractivity contribution >= 4 is 6.09 Å². The smallest absolute Gasteiger partial charge is 0.407 e. The molecule has 146 valence electrons. The number of alkyl carbamates (subject to hydrolysis) is 1. The van der Waals surface area contributed by atoms with Crippen molar-refractivity contribution in [1.29, 1.82) is 0 Å². The van der Waals surface area contributed by atoms with Crippen molar-refractivity contribution in [1.82, 2.24) is 10.6 Å². The SMILES string of the molecule is CC(C)(C)OC(=O)NC/C=C/CNC1CCCCCCCCCCC1. The molecule has 25 heavy (non-hydrogen) atoms. The Hall–Kier alpha value is -1.03. The molecular formula is C21H40N2O2. The summed E-state index contributed by atoms with van der Waals surface area (Å²) in [4.78, 5) is 11.5. The van der Waals surface area contributed by atoms with Crippen LogP contribution in [0.15, 0.2) is 12.2 Å². The number of nitrogens with one attached hydrogen (secondary N) is 2. The summed E-state index contributed by atoms with van der Waals surface area (Å²) in [5, 5.41) is 6.42. The van der Waals surface area contributed by atoms with E-state index < -0.39 is 5.60 Å². The minimum Gasteiger partial charge on any atom is -0.444 e. The van der Waals surface area contributed by atoms with E-state index in [1.807, 2.05) is 26.8 Å². The molecule has 1 fully saturated rings. The van der Waals surface area contributed by atoms with E-state index in [1.165, 1.54) is 70.6 Å². The van der Waals surface area contributed by atoms with E-state index in [0.717, 1.165) is 6.54 Å². The van der Waals surface area contributed by atoms with Crippen molar-refractivity contribution in [3.8, 4) is 0 Å². The predicted octanol–water partition coefficient (Wildman–Crippen LogP) is 5.33. The molecule has 2 N–H and O–H groups in total. The number of amides is 1. The minimum absolute atomic E-state index is 0.357. The lowest BCUT2D eigenvalue weighted by molar-refractivity contribution is 0.0534. The lowest BCUT2D eigenvalue weighted by Crippen LogP contribution is -2.32. The van der Waals surface area contributed by atoms with Crippen LogP contribution in [0.1, 0.15) is 91.4 Å². The predicted molar refractivity (Wildman–Crippen MR) is 106 cm³/mol. The quantitative estimate of drug-likeness (QED) is 0.657. The molecule has 1 saturated carbocycles. The van der Waals surface area contributed by atoms with Gasteiger partial charge >= 0.3 is 6.09 Å². The summed E-state index contributed by atoms with van der Waals surface area (Å²) in [6.07, 6.45) is 18.9. The molecule has 0 aromatic heterocycles. The highest BCUT2D eigenvalue weighted by atomic mass is 16.6. The molecular weight excluding hydrogens is 312 g/mol. The van der Waals surface area contributed by atoms with Crippen LogP contribution in [0.2, 0.25) is 0 Å². The first-order chi connectivity index (χ1) is 12.0. The molecule has 0 unspecified atom stereocenters. The molecule has 0 bridgehead atoms. The molecule has 1 amide bonds. The average Bonchev–Trinajstić information content (AvgIpc) is 2.51. The topological polar surface area (TPSA) is 50.4 Å². The maximum Gasteiger partial charge on any atom is 0.407 e. The van der Waals surface area contributed by atoms with Gasteiger partial charge in [0.05, 0.1) is 0 Å². The van der Waals surface area contributed by atoms with E-state index in [9.17, 15) is 4.79 Å². The molecule has 1 aliphatic carbocycles. The molecule has 0 aromatic carbocycles. The van der Waals surface area contributed by atoms with Crippen LogP contribution >= 0.6 is 0 Å². The van der Waals surface area contributed by atoms with Gasteiger partial charge in [-0.2, -0.15) is 0 Å². The summed E-state index contributed by atoms with van der Waals surface area (Å²) in [6, 6.07) is 0.642. The van der Waals surface area contributed by atoms with Crippen LogP contribution in [0.4, 0.5) is 4.79 Å². The summed E-state index contributed by atoms with van der Waals surface area (Å²) in [5.41, 5.74) is -0.441. The van der Waals surface area contributed by atoms with Crippen LogP contribution in [0, 0.1) is 0 Å². The Morgan fingerprint density at radius 3 is 1.88 bits per heavy atom. The molecule has 0 saturated heterocycles. The van der Waals surface area contributed by atoms with Crippen LogP contribution in [0.25, 0.3) is 0 Å². The third-order valence-corrected chi connectivity index (χ3v) is 4.56. The van der Waals surface area contributed by atoms with Gasteiger partial charge in [-0.15, -0.1) is 0 Å². The highest BCUT2D eigenvalue weighted by Crippen LogP contribution is 2.16. The van der Waals surface area contributed by atoms with Crippen molar-refractivity contribution < 1.29 is 9.53 Å². The highest BCUT2D eigenvalue weighted by Gasteiger charge is 2.15. The first-order valence-electron chi connectivity index (χ1n) is 10.3. The van der Waals surface area contributed by atoms with Crippen molar-refractivity contribution in [2.75, 3.05) is 13.1 Å². The normalized spacial score (nSPS) is 19.2. The molecule has 4 heteroatoms. The summed E-state index contributed by atoms with van der Waals surface area (Å²) in [7, 11) is 0. The fourth-order valence-corrected chi connectivity index (χ4v) is 3.23. The number of carbonyl (C=O) groups is 1. The fraction of sp³-hybridized carbons (Fsp3) is 0.857. The second-order valence-electron chi connectivity index (χ2n) is 8.22. The molecule has 0 spiro atoms. The van der Waals surface area contributed by atoms with E-state index in [2.05, 4.69) is 16.7 Å². The number of carbonyl (C=O) groups excluding carboxylic acids is 1. The van der Waals surface area contributed by atoms with Crippen LogP contribution in [0.3, 0.4) is 0 Å². The second-order valence-corrected chi connectivity index (χ2v) is 8.22.